The third-order valence-corrected chi connectivity index (χ3v) is 10.7. The normalized spacial score (nSPS) is 27.0. The molecule has 258 valence electrons. The smallest absolute Gasteiger partial charge is 0.423 e. The maximum atomic E-state index is 15.2. The van der Waals surface area contributed by atoms with Gasteiger partial charge in [0.05, 0.1) is 50.2 Å². The van der Waals surface area contributed by atoms with E-state index in [1.165, 1.54) is 38.5 Å². The van der Waals surface area contributed by atoms with Crippen molar-refractivity contribution in [2.24, 2.45) is 23.7 Å². The van der Waals surface area contributed by atoms with Gasteiger partial charge in [0.25, 0.3) is 11.8 Å². The molecule has 14 heteroatoms. The molecular weight excluding hydrogens is 673 g/mol. The third-order valence-electron chi connectivity index (χ3n) is 10.4. The molecule has 7 rings (SSSR count). The first-order valence-electron chi connectivity index (χ1n) is 15.7. The number of anilines is 1. The van der Waals surface area contributed by atoms with Gasteiger partial charge in [-0.2, -0.15) is 9.91 Å². The number of hydrazine groups is 1. The SMILES string of the molecule is COC(=O)N1C(=O)C2CC=C3C(CC4C(=O)N(Nc5ccc(F)cc5)C(=O)C4(c4ccc(Cl)cc4)C3c3cc(OC)c(O)c(OC)c3)C2C1=O. The number of aromatic hydroxyl groups is 1. The summed E-state index contributed by atoms with van der Waals surface area (Å²) in [6, 6.07) is 14.8. The van der Waals surface area contributed by atoms with Crippen molar-refractivity contribution in [1.29, 1.82) is 0 Å². The highest BCUT2D eigenvalue weighted by molar-refractivity contribution is 6.30. The molecule has 1 saturated carbocycles. The number of imide groups is 4. The second-order valence-corrected chi connectivity index (χ2v) is 13.1. The van der Waals surface area contributed by atoms with Gasteiger partial charge in [-0.1, -0.05) is 35.4 Å². The minimum Gasteiger partial charge on any atom is -0.502 e. The Labute approximate surface area is 290 Å². The van der Waals surface area contributed by atoms with E-state index in [2.05, 4.69) is 5.43 Å². The van der Waals surface area contributed by atoms with Crippen molar-refractivity contribution in [2.45, 2.75) is 24.2 Å². The molecule has 5 amide bonds. The highest BCUT2D eigenvalue weighted by Gasteiger charge is 2.70. The standard InChI is InChI=1S/C36H31ClFN3O9/c1-48-26-14-17(15-27(49-2)30(26)42)29-22-12-13-23-28(33(45)40(31(23)43)35(47)50-3)24(22)16-25-32(44)41(39-21-10-8-20(38)9-11-21)34(46)36(25,29)18-4-6-19(37)7-5-18/h4-12,14-15,23-25,28-29,39,42H,13,16H2,1-3H3. The topological polar surface area (TPSA) is 152 Å². The molecule has 0 radical (unpaired) electrons. The van der Waals surface area contributed by atoms with Gasteiger partial charge in [0.2, 0.25) is 17.6 Å². The van der Waals surface area contributed by atoms with Gasteiger partial charge in [-0.05, 0) is 78.4 Å². The molecule has 0 spiro atoms. The average Bonchev–Trinajstić information content (AvgIpc) is 3.50. The summed E-state index contributed by atoms with van der Waals surface area (Å²) >= 11 is 6.32. The molecule has 2 N–H and O–H groups in total. The molecule has 12 nitrogen and oxygen atoms in total. The Kier molecular flexibility index (Phi) is 8.05. The van der Waals surface area contributed by atoms with E-state index < -0.39 is 70.5 Å². The molecule has 2 heterocycles. The van der Waals surface area contributed by atoms with Crippen molar-refractivity contribution >= 4 is 47.0 Å². The number of fused-ring (bicyclic) bond motifs is 4. The van der Waals surface area contributed by atoms with Crippen LogP contribution < -0.4 is 14.9 Å². The van der Waals surface area contributed by atoms with Crippen LogP contribution in [-0.4, -0.2) is 66.1 Å². The quantitative estimate of drug-likeness (QED) is 0.267. The van der Waals surface area contributed by atoms with Gasteiger partial charge < -0.3 is 19.3 Å². The molecule has 0 aromatic heterocycles. The van der Waals surface area contributed by atoms with Crippen LogP contribution in [0.3, 0.4) is 0 Å². The summed E-state index contributed by atoms with van der Waals surface area (Å²) in [4.78, 5) is 70.4. The van der Waals surface area contributed by atoms with Crippen LogP contribution in [0.5, 0.6) is 17.2 Å². The summed E-state index contributed by atoms with van der Waals surface area (Å²) in [7, 11) is 3.78. The fourth-order valence-corrected chi connectivity index (χ4v) is 8.51. The molecule has 3 aromatic rings. The second kappa shape index (κ2) is 12.2. The Morgan fingerprint density at radius 3 is 2.16 bits per heavy atom. The first kappa shape index (κ1) is 33.1. The van der Waals surface area contributed by atoms with Crippen molar-refractivity contribution in [2.75, 3.05) is 26.8 Å². The molecule has 6 atom stereocenters. The number of carbonyl (C=O) groups excluding carboxylic acids is 5. The van der Waals surface area contributed by atoms with Crippen LogP contribution in [0, 0.1) is 29.5 Å². The minimum atomic E-state index is -1.68. The summed E-state index contributed by atoms with van der Waals surface area (Å²) in [5, 5.41) is 12.2. The number of allylic oxidation sites excluding steroid dienone is 2. The number of phenolic OH excluding ortho intramolecular Hbond substituents is 1. The van der Waals surface area contributed by atoms with Crippen LogP contribution in [0.2, 0.25) is 5.02 Å². The number of nitrogens with zero attached hydrogens (tertiary/aromatic N) is 2. The summed E-state index contributed by atoms with van der Waals surface area (Å²) in [5.41, 5.74) is 2.91. The molecule has 2 aliphatic heterocycles. The number of carbonyl (C=O) groups is 5. The average molecular weight is 704 g/mol. The predicted molar refractivity (Wildman–Crippen MR) is 174 cm³/mol. The first-order valence-corrected chi connectivity index (χ1v) is 16.1. The van der Waals surface area contributed by atoms with Crippen LogP contribution in [0.1, 0.15) is 29.9 Å². The molecule has 4 aliphatic rings. The van der Waals surface area contributed by atoms with E-state index >= 15 is 4.79 Å². The largest absolute Gasteiger partial charge is 0.502 e. The van der Waals surface area contributed by atoms with E-state index in [1.807, 2.05) is 0 Å². The Bertz CT molecular complexity index is 1960. The number of hydrogen-bond donors (Lipinski definition) is 2. The maximum absolute atomic E-state index is 15.2. The lowest BCUT2D eigenvalue weighted by molar-refractivity contribution is -0.140. The van der Waals surface area contributed by atoms with Crippen molar-refractivity contribution in [3.8, 4) is 17.2 Å². The van der Waals surface area contributed by atoms with E-state index in [0.717, 1.165) is 12.1 Å². The second-order valence-electron chi connectivity index (χ2n) is 12.6. The number of hydrogen-bond acceptors (Lipinski definition) is 10. The number of ether oxygens (including phenoxy) is 3. The van der Waals surface area contributed by atoms with Crippen LogP contribution in [-0.2, 0) is 29.3 Å². The Hall–Kier alpha value is -5.43. The van der Waals surface area contributed by atoms with Crippen molar-refractivity contribution in [1.82, 2.24) is 9.91 Å². The van der Waals surface area contributed by atoms with Crippen molar-refractivity contribution in [3.05, 3.63) is 94.3 Å². The van der Waals surface area contributed by atoms with E-state index in [9.17, 15) is 28.7 Å². The molecule has 0 bridgehead atoms. The van der Waals surface area contributed by atoms with Crippen LogP contribution >= 0.6 is 11.6 Å². The third kappa shape index (κ3) is 4.67. The summed E-state index contributed by atoms with van der Waals surface area (Å²) < 4.78 is 29.6. The summed E-state index contributed by atoms with van der Waals surface area (Å²) in [5.74, 6) is -8.30. The lowest BCUT2D eigenvalue weighted by atomic mass is 9.49. The Morgan fingerprint density at radius 1 is 0.920 bits per heavy atom. The lowest BCUT2D eigenvalue weighted by Crippen LogP contribution is -2.53. The zero-order valence-corrected chi connectivity index (χ0v) is 27.8. The minimum absolute atomic E-state index is 0.0284. The number of halogens is 2. The van der Waals surface area contributed by atoms with Gasteiger partial charge in [-0.25, -0.2) is 9.18 Å². The molecular formula is C36H31ClFN3O9. The molecule has 3 aromatic carbocycles. The van der Waals surface area contributed by atoms with Crippen molar-refractivity contribution < 1.29 is 47.7 Å². The fraction of sp³-hybridized carbons (Fsp3) is 0.306. The number of methoxy groups -OCH3 is 3. The number of nitrogens with one attached hydrogen (secondary N) is 1. The van der Waals surface area contributed by atoms with Gasteiger partial charge in [-0.15, -0.1) is 0 Å². The molecule has 50 heavy (non-hydrogen) atoms. The monoisotopic (exact) mass is 703 g/mol. The van der Waals surface area contributed by atoms with E-state index in [0.29, 0.717) is 26.6 Å². The number of likely N-dealkylation sites (tertiary alicyclic amines) is 1. The predicted octanol–water partition coefficient (Wildman–Crippen LogP) is 4.95. The molecule has 2 saturated heterocycles. The number of amides is 5. The summed E-state index contributed by atoms with van der Waals surface area (Å²) in [6.45, 7) is 0. The van der Waals surface area contributed by atoms with Crippen LogP contribution in [0.4, 0.5) is 14.9 Å². The fourth-order valence-electron chi connectivity index (χ4n) is 8.38. The molecule has 2 aliphatic carbocycles. The Morgan fingerprint density at radius 2 is 1.56 bits per heavy atom. The van der Waals surface area contributed by atoms with E-state index in [1.54, 1.807) is 42.5 Å². The molecule has 3 fully saturated rings. The van der Waals surface area contributed by atoms with Gasteiger partial charge in [0, 0.05) is 10.9 Å². The zero-order chi connectivity index (χ0) is 35.6. The zero-order valence-electron chi connectivity index (χ0n) is 27.0. The van der Waals surface area contributed by atoms with Gasteiger partial charge in [0.15, 0.2) is 11.5 Å². The maximum Gasteiger partial charge on any atom is 0.423 e. The van der Waals surface area contributed by atoms with Gasteiger partial charge in [0.1, 0.15) is 5.82 Å². The number of benzene rings is 3. The first-order chi connectivity index (χ1) is 24.0. The van der Waals surface area contributed by atoms with E-state index in [4.69, 9.17) is 25.8 Å². The summed E-state index contributed by atoms with van der Waals surface area (Å²) in [6.07, 6.45) is 0.723. The highest BCUT2D eigenvalue weighted by atomic mass is 35.5. The Balaban J connectivity index is 1.49. The van der Waals surface area contributed by atoms with Gasteiger partial charge >= 0.3 is 6.09 Å². The van der Waals surface area contributed by atoms with Crippen molar-refractivity contribution in [3.63, 3.8) is 0 Å². The number of rotatable bonds is 6. The van der Waals surface area contributed by atoms with Crippen LogP contribution in [0.25, 0.3) is 0 Å². The van der Waals surface area contributed by atoms with E-state index in [-0.39, 0.29) is 35.8 Å². The number of phenols is 1. The molecule has 6 unspecified atom stereocenters. The van der Waals surface area contributed by atoms with Crippen LogP contribution in [0.15, 0.2) is 72.3 Å². The lowest BCUT2D eigenvalue weighted by Gasteiger charge is -2.50. The van der Waals surface area contributed by atoms with Gasteiger partial charge in [-0.3, -0.25) is 24.6 Å². The highest BCUT2D eigenvalue weighted by Crippen LogP contribution is 2.64.